The maximum atomic E-state index is 11.7. The van der Waals surface area contributed by atoms with E-state index in [4.69, 9.17) is 5.73 Å². The third-order valence-corrected chi connectivity index (χ3v) is 10.0. The average molecular weight is 589 g/mol. The van der Waals surface area contributed by atoms with Crippen molar-refractivity contribution in [3.8, 4) is 0 Å². The number of aliphatic carboxylic acids is 1. The van der Waals surface area contributed by atoms with Crippen molar-refractivity contribution >= 4 is 5.97 Å². The van der Waals surface area contributed by atoms with E-state index < -0.39 is 17.7 Å². The average Bonchev–Trinajstić information content (AvgIpc) is 2.90. The summed E-state index contributed by atoms with van der Waals surface area (Å²) in [6, 6.07) is 9.11. The number of piperidine rings is 2. The molecule has 0 saturated carbocycles. The number of carboxylic acid groups (broad SMARTS) is 1. The number of benzene rings is 1. The predicted molar refractivity (Wildman–Crippen MR) is 165 cm³/mol. The Balaban J connectivity index is 1.51. The van der Waals surface area contributed by atoms with Crippen molar-refractivity contribution in [2.24, 2.45) is 11.7 Å². The van der Waals surface area contributed by atoms with E-state index in [9.17, 15) is 25.2 Å². The van der Waals surface area contributed by atoms with Gasteiger partial charge in [0.25, 0.3) is 0 Å². The minimum absolute atomic E-state index is 0.0382. The van der Waals surface area contributed by atoms with Crippen molar-refractivity contribution in [1.82, 2.24) is 16.0 Å². The second-order valence-electron chi connectivity index (χ2n) is 14.1. The van der Waals surface area contributed by atoms with Crippen molar-refractivity contribution in [2.75, 3.05) is 6.54 Å². The molecule has 3 heterocycles. The molecule has 0 radical (unpaired) electrons. The SMILES string of the molecule is C[C@H]1N[C@H](C[C@H](O)[C@H]2CCCCCC[C@@](O)(CC(=O)O)CN[C@@]3(C)C[C@@H](Cc4cccc(c4)C2)N[C@H](N)C3)CC[C@H]1O. The molecule has 0 unspecified atom stereocenters. The van der Waals surface area contributed by atoms with Crippen LogP contribution in [0.2, 0.25) is 0 Å². The van der Waals surface area contributed by atoms with Gasteiger partial charge >= 0.3 is 5.97 Å². The van der Waals surface area contributed by atoms with Gasteiger partial charge in [-0.3, -0.25) is 10.1 Å². The molecule has 3 aliphatic rings. The summed E-state index contributed by atoms with van der Waals surface area (Å²) < 4.78 is 0. The summed E-state index contributed by atoms with van der Waals surface area (Å²) in [5, 5.41) is 53.1. The predicted octanol–water partition coefficient (Wildman–Crippen LogP) is 2.59. The van der Waals surface area contributed by atoms with Gasteiger partial charge in [0, 0.05) is 30.2 Å². The number of nitrogens with two attached hydrogens (primary N) is 1. The molecule has 9 heteroatoms. The van der Waals surface area contributed by atoms with Crippen LogP contribution in [0.4, 0.5) is 0 Å². The Labute approximate surface area is 252 Å². The first kappa shape index (κ1) is 33.3. The van der Waals surface area contributed by atoms with Gasteiger partial charge in [-0.05, 0) is 88.7 Å². The fourth-order valence-corrected chi connectivity index (χ4v) is 7.68. The molecule has 9 nitrogen and oxygen atoms in total. The van der Waals surface area contributed by atoms with Crippen LogP contribution < -0.4 is 21.7 Å². The zero-order chi connectivity index (χ0) is 30.3. The zero-order valence-electron chi connectivity index (χ0n) is 25.7. The van der Waals surface area contributed by atoms with Gasteiger partial charge in [-0.2, -0.15) is 0 Å². The molecule has 0 aliphatic carbocycles. The van der Waals surface area contributed by atoms with Crippen LogP contribution in [0, 0.1) is 5.92 Å². The first-order valence-electron chi connectivity index (χ1n) is 16.3. The zero-order valence-corrected chi connectivity index (χ0v) is 25.7. The monoisotopic (exact) mass is 588 g/mol. The van der Waals surface area contributed by atoms with Crippen LogP contribution in [0.25, 0.3) is 0 Å². The number of β-amino-alcohol motifs (C(OH)–C–C–N with tert-alkyl or cyclic N) is 1. The van der Waals surface area contributed by atoms with Gasteiger partial charge in [0.05, 0.1) is 30.4 Å². The second kappa shape index (κ2) is 14.9. The standard InChI is InChI=1S/C33H56N4O5/c1-22-28(38)12-11-26(36-22)17-29(39)25-10-5-3-4-6-13-33(42,20-31(40)41)21-35-32(2)18-27(37-30(34)19-32)16-24-9-7-8-23(14-24)15-25/h7-9,14,22,25-30,35-39,42H,3-6,10-13,15-21,34H2,1-2H3,(H,40,41)/t22-,25+,26+,27-,28-,29+,30+,32+,33-/m1/s1. The van der Waals surface area contributed by atoms with Crippen LogP contribution >= 0.6 is 0 Å². The van der Waals surface area contributed by atoms with Gasteiger partial charge in [-0.1, -0.05) is 49.9 Å². The molecular weight excluding hydrogens is 532 g/mol. The van der Waals surface area contributed by atoms with Gasteiger partial charge in [-0.15, -0.1) is 0 Å². The minimum Gasteiger partial charge on any atom is -0.481 e. The Kier molecular flexibility index (Phi) is 11.8. The summed E-state index contributed by atoms with van der Waals surface area (Å²) in [7, 11) is 0. The molecule has 9 N–H and O–H groups in total. The number of carbonyl (C=O) groups is 1. The fraction of sp³-hybridized carbons (Fsp3) is 0.788. The van der Waals surface area contributed by atoms with Crippen LogP contribution in [-0.4, -0.2) is 80.6 Å². The van der Waals surface area contributed by atoms with Crippen molar-refractivity contribution in [1.29, 1.82) is 0 Å². The normalized spacial score (nSPS) is 38.1. The van der Waals surface area contributed by atoms with Gasteiger partial charge in [0.1, 0.15) is 0 Å². The van der Waals surface area contributed by atoms with Crippen molar-refractivity contribution in [3.63, 3.8) is 0 Å². The third kappa shape index (κ3) is 9.97. The maximum absolute atomic E-state index is 11.7. The molecule has 4 rings (SSSR count). The number of rotatable bonds is 5. The molecule has 1 aromatic carbocycles. The summed E-state index contributed by atoms with van der Waals surface area (Å²) >= 11 is 0. The van der Waals surface area contributed by atoms with Crippen LogP contribution in [0.3, 0.4) is 0 Å². The number of fused-ring (bicyclic) bond motifs is 4. The van der Waals surface area contributed by atoms with E-state index in [2.05, 4.69) is 47.1 Å². The first-order chi connectivity index (χ1) is 19.9. The van der Waals surface area contributed by atoms with Crippen LogP contribution in [0.5, 0.6) is 0 Å². The Morgan fingerprint density at radius 3 is 2.55 bits per heavy atom. The highest BCUT2D eigenvalue weighted by molar-refractivity contribution is 5.68. The Hall–Kier alpha value is -1.59. The maximum Gasteiger partial charge on any atom is 0.306 e. The van der Waals surface area contributed by atoms with Crippen LogP contribution in [0.1, 0.15) is 102 Å². The molecule has 2 saturated heterocycles. The summed E-state index contributed by atoms with van der Waals surface area (Å²) in [4.78, 5) is 11.7. The van der Waals surface area contributed by atoms with Gasteiger partial charge < -0.3 is 36.8 Å². The highest BCUT2D eigenvalue weighted by atomic mass is 16.4. The molecule has 0 amide bonds. The number of hydrogen-bond acceptors (Lipinski definition) is 8. The molecule has 0 aromatic heterocycles. The fourth-order valence-electron chi connectivity index (χ4n) is 7.68. The molecule has 1 aromatic rings. The smallest absolute Gasteiger partial charge is 0.306 e. The Morgan fingerprint density at radius 2 is 1.81 bits per heavy atom. The highest BCUT2D eigenvalue weighted by Gasteiger charge is 2.39. The lowest BCUT2D eigenvalue weighted by Crippen LogP contribution is -2.63. The van der Waals surface area contributed by atoms with E-state index in [0.717, 1.165) is 64.2 Å². The third-order valence-electron chi connectivity index (χ3n) is 10.0. The number of carboxylic acids is 1. The van der Waals surface area contributed by atoms with Gasteiger partial charge in [0.2, 0.25) is 0 Å². The number of hydrogen-bond donors (Lipinski definition) is 8. The van der Waals surface area contributed by atoms with E-state index in [1.807, 2.05) is 6.92 Å². The topological polar surface area (TPSA) is 160 Å². The lowest BCUT2D eigenvalue weighted by atomic mass is 9.80. The lowest BCUT2D eigenvalue weighted by molar-refractivity contribution is -0.143. The summed E-state index contributed by atoms with van der Waals surface area (Å²) in [6.45, 7) is 4.37. The molecule has 4 bridgehead atoms. The summed E-state index contributed by atoms with van der Waals surface area (Å²) in [5.41, 5.74) is 7.30. The van der Waals surface area contributed by atoms with E-state index in [-0.39, 0.29) is 54.8 Å². The van der Waals surface area contributed by atoms with Crippen LogP contribution in [0.15, 0.2) is 24.3 Å². The van der Waals surface area contributed by atoms with Gasteiger partial charge in [0.15, 0.2) is 0 Å². The minimum atomic E-state index is -1.31. The Morgan fingerprint density at radius 1 is 1.07 bits per heavy atom. The van der Waals surface area contributed by atoms with Crippen molar-refractivity contribution in [3.05, 3.63) is 35.4 Å². The lowest BCUT2D eigenvalue weighted by Gasteiger charge is -2.44. The van der Waals surface area contributed by atoms with E-state index in [1.165, 1.54) is 11.1 Å². The summed E-state index contributed by atoms with van der Waals surface area (Å²) in [6.07, 6.45) is 9.18. The molecule has 3 aliphatic heterocycles. The quantitative estimate of drug-likeness (QED) is 0.259. The van der Waals surface area contributed by atoms with E-state index >= 15 is 0 Å². The largest absolute Gasteiger partial charge is 0.481 e. The molecule has 238 valence electrons. The molecule has 42 heavy (non-hydrogen) atoms. The van der Waals surface area contributed by atoms with E-state index in [1.54, 1.807) is 0 Å². The second-order valence-corrected chi connectivity index (χ2v) is 14.1. The molecule has 2 fully saturated rings. The number of aliphatic hydroxyl groups is 3. The highest BCUT2D eigenvalue weighted by Crippen LogP contribution is 2.30. The van der Waals surface area contributed by atoms with Gasteiger partial charge in [-0.25, -0.2) is 0 Å². The first-order valence-corrected chi connectivity index (χ1v) is 16.3. The summed E-state index contributed by atoms with van der Waals surface area (Å²) in [5.74, 6) is -0.861. The number of aliphatic hydroxyl groups excluding tert-OH is 2. The molecule has 9 atom stereocenters. The number of nitrogens with one attached hydrogen (secondary N) is 3. The Bertz CT molecular complexity index is 1010. The van der Waals surface area contributed by atoms with Crippen molar-refractivity contribution < 1.29 is 25.2 Å². The van der Waals surface area contributed by atoms with Crippen LogP contribution in [-0.2, 0) is 17.6 Å². The van der Waals surface area contributed by atoms with E-state index in [0.29, 0.717) is 19.3 Å². The van der Waals surface area contributed by atoms with Crippen molar-refractivity contribution in [2.45, 2.75) is 151 Å². The molecule has 0 spiro atoms. The molecular formula is C33H56N4O5.